The van der Waals surface area contributed by atoms with Gasteiger partial charge in [0.2, 0.25) is 5.91 Å². The van der Waals surface area contributed by atoms with E-state index in [4.69, 9.17) is 9.73 Å². The average Bonchev–Trinajstić information content (AvgIpc) is 3.39. The number of phenols is 1. The van der Waals surface area contributed by atoms with Crippen molar-refractivity contribution in [2.24, 2.45) is 16.6 Å². The van der Waals surface area contributed by atoms with Gasteiger partial charge in [0.1, 0.15) is 17.3 Å². The number of carbonyl (C=O) groups excluding carboxylic acids is 1. The Labute approximate surface area is 222 Å². The molecule has 2 aromatic rings. The maximum absolute atomic E-state index is 11.6. The molecule has 2 aliphatic rings. The molecule has 3 N–H and O–H groups in total. The van der Waals surface area contributed by atoms with Gasteiger partial charge in [-0.15, -0.1) is 0 Å². The van der Waals surface area contributed by atoms with Crippen molar-refractivity contribution in [1.82, 2.24) is 14.9 Å². The van der Waals surface area contributed by atoms with Crippen LogP contribution in [-0.2, 0) is 9.53 Å². The number of aromatic nitrogens is 2. The standard InChI is InChI=1S/C20H25N5O2.C5H10O.C2H6.CH5N/c1-13(17-7-5-6-8-18(17)27)22-19-14(2)21-15(3)23-20(19)25-11-9-24(10-12-25)16(4)26;1-5-2-3-6-4-5;2*1-2/h5-8,27H,9-12H2,1-4H3;5H,2-4H2,1H3;1-2H3;2H2,1H3. The summed E-state index contributed by atoms with van der Waals surface area (Å²) in [5, 5.41) is 10.1. The Balaban J connectivity index is 0.000000583. The Kier molecular flexibility index (Phi) is 14.4. The van der Waals surface area contributed by atoms with Gasteiger partial charge in [0.15, 0.2) is 5.82 Å². The number of anilines is 1. The first-order chi connectivity index (χ1) is 17.8. The third-order valence-electron chi connectivity index (χ3n) is 5.91. The monoisotopic (exact) mass is 514 g/mol. The van der Waals surface area contributed by atoms with Gasteiger partial charge in [-0.05, 0) is 52.3 Å². The van der Waals surface area contributed by atoms with Crippen molar-refractivity contribution in [3.05, 3.63) is 41.3 Å². The molecule has 0 spiro atoms. The molecular weight excluding hydrogens is 468 g/mol. The van der Waals surface area contributed by atoms with Gasteiger partial charge >= 0.3 is 0 Å². The van der Waals surface area contributed by atoms with Crippen LogP contribution in [0.4, 0.5) is 11.5 Å². The third kappa shape index (κ3) is 9.74. The van der Waals surface area contributed by atoms with E-state index in [-0.39, 0.29) is 11.7 Å². The number of ether oxygens (including phenoxy) is 1. The molecule has 37 heavy (non-hydrogen) atoms. The highest BCUT2D eigenvalue weighted by atomic mass is 16.5. The maximum Gasteiger partial charge on any atom is 0.219 e. The number of rotatable bonds is 3. The van der Waals surface area contributed by atoms with Crippen LogP contribution in [-0.4, -0.2) is 78.0 Å². The van der Waals surface area contributed by atoms with E-state index in [1.165, 1.54) is 13.5 Å². The number of hydrogen-bond donors (Lipinski definition) is 2. The highest BCUT2D eigenvalue weighted by Crippen LogP contribution is 2.31. The topological polar surface area (TPSA) is 117 Å². The number of aliphatic imine (C=N–C) groups is 1. The summed E-state index contributed by atoms with van der Waals surface area (Å²) in [7, 11) is 1.50. The molecule has 206 valence electrons. The van der Waals surface area contributed by atoms with Crippen LogP contribution in [0.2, 0.25) is 0 Å². The van der Waals surface area contributed by atoms with Crippen molar-refractivity contribution < 1.29 is 14.6 Å². The molecule has 9 nitrogen and oxygen atoms in total. The van der Waals surface area contributed by atoms with Crippen LogP contribution in [0.15, 0.2) is 29.3 Å². The first-order valence-corrected chi connectivity index (χ1v) is 13.1. The summed E-state index contributed by atoms with van der Waals surface area (Å²) in [5.74, 6) is 2.58. The molecule has 0 saturated carbocycles. The summed E-state index contributed by atoms with van der Waals surface area (Å²) >= 11 is 0. The summed E-state index contributed by atoms with van der Waals surface area (Å²) in [6, 6.07) is 7.14. The lowest BCUT2D eigenvalue weighted by atomic mass is 10.1. The van der Waals surface area contributed by atoms with Crippen molar-refractivity contribution >= 4 is 23.1 Å². The van der Waals surface area contributed by atoms with E-state index in [9.17, 15) is 9.90 Å². The summed E-state index contributed by atoms with van der Waals surface area (Å²) < 4.78 is 5.06. The Morgan fingerprint density at radius 2 is 1.70 bits per heavy atom. The molecule has 1 atom stereocenters. The molecule has 0 bridgehead atoms. The molecule has 2 fully saturated rings. The summed E-state index contributed by atoms with van der Waals surface area (Å²) in [4.78, 5) is 29.5. The number of para-hydroxylation sites is 1. The minimum atomic E-state index is 0.0957. The lowest BCUT2D eigenvalue weighted by Crippen LogP contribution is -2.48. The van der Waals surface area contributed by atoms with Crippen molar-refractivity contribution in [3.63, 3.8) is 0 Å². The van der Waals surface area contributed by atoms with E-state index in [1.54, 1.807) is 19.1 Å². The van der Waals surface area contributed by atoms with E-state index in [2.05, 4.69) is 27.5 Å². The zero-order chi connectivity index (χ0) is 28.0. The molecule has 4 rings (SSSR count). The molecule has 2 aliphatic heterocycles. The number of aromatic hydroxyl groups is 1. The van der Waals surface area contributed by atoms with Gasteiger partial charge in [-0.3, -0.25) is 4.79 Å². The van der Waals surface area contributed by atoms with E-state index < -0.39 is 0 Å². The van der Waals surface area contributed by atoms with Crippen LogP contribution >= 0.6 is 0 Å². The largest absolute Gasteiger partial charge is 0.507 e. The van der Waals surface area contributed by atoms with E-state index in [1.807, 2.05) is 51.7 Å². The van der Waals surface area contributed by atoms with E-state index in [0.29, 0.717) is 49.0 Å². The Morgan fingerprint density at radius 1 is 1.08 bits per heavy atom. The smallest absolute Gasteiger partial charge is 0.219 e. The van der Waals surface area contributed by atoms with Crippen LogP contribution in [0.3, 0.4) is 0 Å². The van der Waals surface area contributed by atoms with Gasteiger partial charge in [0.25, 0.3) is 0 Å². The van der Waals surface area contributed by atoms with Gasteiger partial charge < -0.3 is 25.4 Å². The molecule has 1 aromatic carbocycles. The quantitative estimate of drug-likeness (QED) is 0.588. The van der Waals surface area contributed by atoms with Crippen molar-refractivity contribution in [2.75, 3.05) is 51.3 Å². The third-order valence-corrected chi connectivity index (χ3v) is 5.91. The van der Waals surface area contributed by atoms with Crippen LogP contribution in [0, 0.1) is 19.8 Å². The lowest BCUT2D eigenvalue weighted by molar-refractivity contribution is -0.129. The number of nitrogens with zero attached hydrogens (tertiary/aromatic N) is 5. The molecule has 0 aliphatic carbocycles. The minimum absolute atomic E-state index is 0.0957. The lowest BCUT2D eigenvalue weighted by Gasteiger charge is -2.35. The molecule has 0 radical (unpaired) electrons. The van der Waals surface area contributed by atoms with Gasteiger partial charge in [0.05, 0.1) is 5.69 Å². The number of benzene rings is 1. The number of piperazine rings is 1. The number of amides is 1. The first kappa shape index (κ1) is 32.0. The summed E-state index contributed by atoms with van der Waals surface area (Å²) in [5.41, 5.74) is 7.39. The van der Waals surface area contributed by atoms with Gasteiger partial charge in [-0.2, -0.15) is 0 Å². The summed E-state index contributed by atoms with van der Waals surface area (Å²) in [6.45, 7) is 18.2. The van der Waals surface area contributed by atoms with Gasteiger partial charge in [0, 0.05) is 57.6 Å². The van der Waals surface area contributed by atoms with Crippen LogP contribution in [0.25, 0.3) is 0 Å². The second-order valence-electron chi connectivity index (χ2n) is 8.70. The zero-order valence-electron chi connectivity index (χ0n) is 23.9. The first-order valence-electron chi connectivity index (χ1n) is 13.1. The molecular formula is C28H46N6O3. The van der Waals surface area contributed by atoms with E-state index >= 15 is 0 Å². The van der Waals surface area contributed by atoms with Crippen molar-refractivity contribution in [1.29, 1.82) is 0 Å². The SMILES string of the molecule is CC.CC(=O)N1CCN(c2nc(C)nc(C)c2N=C(C)c2ccccc2O)CC1.CC1CCOC1.CN. The zero-order valence-corrected chi connectivity index (χ0v) is 23.9. The van der Waals surface area contributed by atoms with Crippen molar-refractivity contribution in [2.45, 2.75) is 54.9 Å². The highest BCUT2D eigenvalue weighted by Gasteiger charge is 2.23. The van der Waals surface area contributed by atoms with Crippen LogP contribution in [0.1, 0.15) is 58.1 Å². The molecule has 3 heterocycles. The molecule has 9 heteroatoms. The number of hydrogen-bond acceptors (Lipinski definition) is 8. The van der Waals surface area contributed by atoms with Crippen LogP contribution < -0.4 is 10.6 Å². The van der Waals surface area contributed by atoms with Gasteiger partial charge in [-0.1, -0.05) is 32.9 Å². The number of carbonyl (C=O) groups is 1. The fourth-order valence-electron chi connectivity index (χ4n) is 3.93. The second-order valence-corrected chi connectivity index (χ2v) is 8.70. The molecule has 2 saturated heterocycles. The Hall–Kier alpha value is -3.04. The number of nitrogens with two attached hydrogens (primary N) is 1. The minimum Gasteiger partial charge on any atom is -0.507 e. The highest BCUT2D eigenvalue weighted by molar-refractivity contribution is 6.03. The fraction of sp³-hybridized carbons (Fsp3) is 0.571. The molecule has 1 aromatic heterocycles. The Bertz CT molecular complexity index is 997. The maximum atomic E-state index is 11.6. The second kappa shape index (κ2) is 16.7. The molecule has 1 unspecified atom stereocenters. The average molecular weight is 515 g/mol. The van der Waals surface area contributed by atoms with E-state index in [0.717, 1.165) is 30.6 Å². The normalized spacial score (nSPS) is 17.0. The predicted molar refractivity (Wildman–Crippen MR) is 152 cm³/mol. The van der Waals surface area contributed by atoms with Gasteiger partial charge in [-0.25, -0.2) is 15.0 Å². The number of aryl methyl sites for hydroxylation is 2. The fourth-order valence-corrected chi connectivity index (χ4v) is 3.93. The summed E-state index contributed by atoms with van der Waals surface area (Å²) in [6.07, 6.45) is 1.26. The predicted octanol–water partition coefficient (Wildman–Crippen LogP) is 4.25. The molecule has 1 amide bonds. The van der Waals surface area contributed by atoms with Crippen LogP contribution in [0.5, 0.6) is 5.75 Å². The number of phenolic OH excluding ortho intramolecular Hbond substituents is 1. The van der Waals surface area contributed by atoms with Crippen molar-refractivity contribution in [3.8, 4) is 5.75 Å². The Morgan fingerprint density at radius 3 is 2.19 bits per heavy atom.